The molecule has 0 radical (unpaired) electrons. The van der Waals surface area contributed by atoms with E-state index in [0.29, 0.717) is 18.1 Å². The maximum absolute atomic E-state index is 11.1. The van der Waals surface area contributed by atoms with Gasteiger partial charge in [-0.2, -0.15) is 5.10 Å². The second-order valence-corrected chi connectivity index (χ2v) is 6.88. The quantitative estimate of drug-likeness (QED) is 0.603. The normalized spacial score (nSPS) is 16.3. The summed E-state index contributed by atoms with van der Waals surface area (Å²) in [5.74, 6) is 0. The molecule has 1 aliphatic rings. The molecule has 0 atom stereocenters. The van der Waals surface area contributed by atoms with Crippen molar-refractivity contribution < 1.29 is 4.92 Å². The summed E-state index contributed by atoms with van der Waals surface area (Å²) in [5, 5.41) is 16.2. The molecule has 0 saturated carbocycles. The number of halogens is 1. The Morgan fingerprint density at radius 2 is 1.88 bits per heavy atom. The fourth-order valence-corrected chi connectivity index (χ4v) is 3.47. The van der Waals surface area contributed by atoms with Crippen LogP contribution in [0.25, 0.3) is 0 Å². The minimum Gasteiger partial charge on any atom is -0.297 e. The number of benzene rings is 1. The first-order chi connectivity index (χ1) is 11.9. The van der Waals surface area contributed by atoms with Gasteiger partial charge in [-0.1, -0.05) is 23.7 Å². The lowest BCUT2D eigenvalue weighted by Gasteiger charge is -2.34. The van der Waals surface area contributed by atoms with Gasteiger partial charge < -0.3 is 0 Å². The highest BCUT2D eigenvalue weighted by Crippen LogP contribution is 2.22. The fourth-order valence-electron chi connectivity index (χ4n) is 3.26. The van der Waals surface area contributed by atoms with Gasteiger partial charge >= 0.3 is 5.69 Å². The van der Waals surface area contributed by atoms with Gasteiger partial charge in [0.25, 0.3) is 0 Å². The zero-order valence-corrected chi connectivity index (χ0v) is 15.2. The lowest BCUT2D eigenvalue weighted by atomic mass is 10.2. The molecule has 0 unspecified atom stereocenters. The van der Waals surface area contributed by atoms with Crippen LogP contribution in [0.5, 0.6) is 0 Å². The number of rotatable bonds is 5. The minimum atomic E-state index is -0.350. The number of nitro groups is 1. The standard InChI is InChI=1S/C17H22ClN5O2/c1-13-17(23(24)25)14(2)22(19-13)12-21-8-6-20(7-9-21)11-15-4-3-5-16(18)10-15/h3-5,10H,6-9,11-12H2,1-2H3. The smallest absolute Gasteiger partial charge is 0.297 e. The second-order valence-electron chi connectivity index (χ2n) is 6.44. The third kappa shape index (κ3) is 4.18. The Morgan fingerprint density at radius 3 is 2.48 bits per heavy atom. The van der Waals surface area contributed by atoms with Crippen LogP contribution < -0.4 is 0 Å². The zero-order chi connectivity index (χ0) is 18.0. The summed E-state index contributed by atoms with van der Waals surface area (Å²) >= 11 is 6.04. The summed E-state index contributed by atoms with van der Waals surface area (Å²) in [5.41, 5.74) is 2.43. The van der Waals surface area contributed by atoms with E-state index < -0.39 is 0 Å². The summed E-state index contributed by atoms with van der Waals surface area (Å²) in [4.78, 5) is 15.4. The summed E-state index contributed by atoms with van der Waals surface area (Å²) < 4.78 is 1.74. The summed E-state index contributed by atoms with van der Waals surface area (Å²) in [6, 6.07) is 7.95. The lowest BCUT2D eigenvalue weighted by Crippen LogP contribution is -2.46. The Kier molecular flexibility index (Phi) is 5.36. The van der Waals surface area contributed by atoms with Crippen LogP contribution in [0.15, 0.2) is 24.3 Å². The van der Waals surface area contributed by atoms with Crippen LogP contribution in [-0.4, -0.2) is 50.7 Å². The number of piperazine rings is 1. The average molecular weight is 364 g/mol. The monoisotopic (exact) mass is 363 g/mol. The predicted octanol–water partition coefficient (Wildman–Crippen LogP) is 2.84. The Bertz CT molecular complexity index is 768. The molecule has 0 spiro atoms. The number of aromatic nitrogens is 2. The van der Waals surface area contributed by atoms with Crippen molar-refractivity contribution in [2.45, 2.75) is 27.1 Å². The molecule has 7 nitrogen and oxygen atoms in total. The molecule has 2 heterocycles. The highest BCUT2D eigenvalue weighted by Gasteiger charge is 2.24. The molecular weight excluding hydrogens is 342 g/mol. The Morgan fingerprint density at radius 1 is 1.20 bits per heavy atom. The first kappa shape index (κ1) is 17.8. The molecule has 1 aromatic heterocycles. The third-order valence-corrected chi connectivity index (χ3v) is 4.86. The van der Waals surface area contributed by atoms with Gasteiger partial charge in [0, 0.05) is 37.7 Å². The highest BCUT2D eigenvalue weighted by atomic mass is 35.5. The van der Waals surface area contributed by atoms with Gasteiger partial charge in [0.05, 0.1) is 11.6 Å². The van der Waals surface area contributed by atoms with Crippen LogP contribution in [0, 0.1) is 24.0 Å². The first-order valence-corrected chi connectivity index (χ1v) is 8.69. The van der Waals surface area contributed by atoms with Gasteiger partial charge in [-0.25, -0.2) is 4.68 Å². The van der Waals surface area contributed by atoms with Crippen LogP contribution in [0.1, 0.15) is 17.0 Å². The van der Waals surface area contributed by atoms with Crippen molar-refractivity contribution in [1.29, 1.82) is 0 Å². The fraction of sp³-hybridized carbons (Fsp3) is 0.471. The van der Waals surface area contributed by atoms with Gasteiger partial charge in [-0.15, -0.1) is 0 Å². The lowest BCUT2D eigenvalue weighted by molar-refractivity contribution is -0.386. The van der Waals surface area contributed by atoms with Gasteiger partial charge in [-0.3, -0.25) is 19.9 Å². The van der Waals surface area contributed by atoms with E-state index in [1.54, 1.807) is 18.5 Å². The van der Waals surface area contributed by atoms with Crippen LogP contribution in [-0.2, 0) is 13.2 Å². The van der Waals surface area contributed by atoms with E-state index in [-0.39, 0.29) is 10.6 Å². The molecule has 25 heavy (non-hydrogen) atoms. The molecule has 1 saturated heterocycles. The minimum absolute atomic E-state index is 0.125. The van der Waals surface area contributed by atoms with Crippen molar-refractivity contribution in [2.75, 3.05) is 26.2 Å². The summed E-state index contributed by atoms with van der Waals surface area (Å²) in [6.45, 7) is 8.64. The van der Waals surface area contributed by atoms with E-state index in [1.807, 2.05) is 18.2 Å². The highest BCUT2D eigenvalue weighted by molar-refractivity contribution is 6.30. The molecule has 0 N–H and O–H groups in total. The van der Waals surface area contributed by atoms with Crippen LogP contribution in [0.3, 0.4) is 0 Å². The molecule has 0 amide bonds. The average Bonchev–Trinajstić information content (AvgIpc) is 2.83. The van der Waals surface area contributed by atoms with E-state index in [1.165, 1.54) is 5.56 Å². The van der Waals surface area contributed by atoms with E-state index in [0.717, 1.165) is 37.7 Å². The third-order valence-electron chi connectivity index (χ3n) is 4.62. The van der Waals surface area contributed by atoms with Crippen LogP contribution >= 0.6 is 11.6 Å². The number of hydrogen-bond donors (Lipinski definition) is 0. The van der Waals surface area contributed by atoms with Crippen molar-refractivity contribution in [3.63, 3.8) is 0 Å². The molecule has 2 aromatic rings. The molecule has 8 heteroatoms. The van der Waals surface area contributed by atoms with Crippen molar-refractivity contribution in [2.24, 2.45) is 0 Å². The molecule has 1 aromatic carbocycles. The molecule has 1 fully saturated rings. The SMILES string of the molecule is Cc1nn(CN2CCN(Cc3cccc(Cl)c3)CC2)c(C)c1[N+](=O)[O-]. The zero-order valence-electron chi connectivity index (χ0n) is 14.5. The molecule has 3 rings (SSSR count). The van der Waals surface area contributed by atoms with Gasteiger partial charge in [0.15, 0.2) is 0 Å². The maximum Gasteiger partial charge on any atom is 0.312 e. The Labute approximate surface area is 151 Å². The van der Waals surface area contributed by atoms with Crippen molar-refractivity contribution in [1.82, 2.24) is 19.6 Å². The van der Waals surface area contributed by atoms with Gasteiger partial charge in [0.1, 0.15) is 11.4 Å². The van der Waals surface area contributed by atoms with Crippen LogP contribution in [0.2, 0.25) is 5.02 Å². The van der Waals surface area contributed by atoms with Crippen molar-refractivity contribution in [3.8, 4) is 0 Å². The summed E-state index contributed by atoms with van der Waals surface area (Å²) in [7, 11) is 0. The largest absolute Gasteiger partial charge is 0.312 e. The second kappa shape index (κ2) is 7.51. The van der Waals surface area contributed by atoms with E-state index in [2.05, 4.69) is 21.0 Å². The molecule has 134 valence electrons. The molecule has 0 bridgehead atoms. The topological polar surface area (TPSA) is 67.4 Å². The van der Waals surface area contributed by atoms with E-state index in [9.17, 15) is 10.1 Å². The van der Waals surface area contributed by atoms with Crippen molar-refractivity contribution in [3.05, 3.63) is 56.4 Å². The maximum atomic E-state index is 11.1. The van der Waals surface area contributed by atoms with E-state index >= 15 is 0 Å². The van der Waals surface area contributed by atoms with Crippen molar-refractivity contribution >= 4 is 17.3 Å². The predicted molar refractivity (Wildman–Crippen MR) is 96.7 cm³/mol. The van der Waals surface area contributed by atoms with Gasteiger partial charge in [0.2, 0.25) is 0 Å². The number of nitrogens with zero attached hydrogens (tertiary/aromatic N) is 5. The number of hydrogen-bond acceptors (Lipinski definition) is 5. The summed E-state index contributed by atoms with van der Waals surface area (Å²) in [6.07, 6.45) is 0. The Balaban J connectivity index is 1.56. The van der Waals surface area contributed by atoms with Gasteiger partial charge in [-0.05, 0) is 31.5 Å². The number of aryl methyl sites for hydroxylation is 1. The van der Waals surface area contributed by atoms with E-state index in [4.69, 9.17) is 11.6 Å². The van der Waals surface area contributed by atoms with Crippen LogP contribution in [0.4, 0.5) is 5.69 Å². The molecular formula is C17H22ClN5O2. The first-order valence-electron chi connectivity index (χ1n) is 8.31. The molecule has 1 aliphatic heterocycles. The Hall–Kier alpha value is -1.96. The molecule has 0 aliphatic carbocycles.